The number of rotatable bonds is 5. The molecule has 0 spiro atoms. The third-order valence-corrected chi connectivity index (χ3v) is 10.1. The summed E-state index contributed by atoms with van der Waals surface area (Å²) in [5.41, 5.74) is 10.7. The predicted octanol–water partition coefficient (Wildman–Crippen LogP) is 12.4. The lowest BCUT2D eigenvalue weighted by atomic mass is 9.92. The molecule has 3 heteroatoms. The normalized spacial score (nSPS) is 14.5. The lowest BCUT2D eigenvalue weighted by molar-refractivity contribution is 0.670. The Hall–Kier alpha value is -6.71. The molecule has 0 fully saturated rings. The molecule has 0 bridgehead atoms. The first-order chi connectivity index (χ1) is 25.3. The van der Waals surface area contributed by atoms with Gasteiger partial charge in [-0.15, -0.1) is 0 Å². The Balaban J connectivity index is 1.18. The highest BCUT2D eigenvalue weighted by Gasteiger charge is 2.25. The third-order valence-electron chi connectivity index (χ3n) is 10.1. The molecule has 0 saturated heterocycles. The van der Waals surface area contributed by atoms with Crippen LogP contribution in [0.15, 0.2) is 191 Å². The number of nitrogens with one attached hydrogen (secondary N) is 1. The maximum Gasteiger partial charge on any atom is 0.143 e. The second-order valence-electron chi connectivity index (χ2n) is 13.2. The summed E-state index contributed by atoms with van der Waals surface area (Å²) in [5.74, 6) is 0.849. The Kier molecular flexibility index (Phi) is 6.88. The van der Waals surface area contributed by atoms with E-state index in [1.165, 1.54) is 27.3 Å². The summed E-state index contributed by atoms with van der Waals surface area (Å²) in [6.07, 6.45) is 2.25. The molecule has 240 valence electrons. The van der Waals surface area contributed by atoms with Gasteiger partial charge in [0, 0.05) is 27.6 Å². The van der Waals surface area contributed by atoms with Crippen LogP contribution in [-0.2, 0) is 0 Å². The Bertz CT molecular complexity index is 2750. The van der Waals surface area contributed by atoms with Crippen molar-refractivity contribution in [2.45, 2.75) is 6.04 Å². The van der Waals surface area contributed by atoms with Crippen molar-refractivity contribution in [2.75, 3.05) is 0 Å². The number of benzene rings is 8. The molecule has 1 aliphatic heterocycles. The molecule has 3 nitrogen and oxygen atoms in total. The molecule has 1 N–H and O–H groups in total. The molecule has 10 rings (SSSR count). The SMILES string of the molecule is C1=C(c2ccccc2)NC(c2ccccc2)=NC1c1ccc(-c2ccc(-c3cccc4ccccc34)cc2)c2oc3cc4ccccc4cc3c12. The van der Waals surface area contributed by atoms with E-state index < -0.39 is 0 Å². The molecular formula is C48H32N2O. The number of amidine groups is 1. The van der Waals surface area contributed by atoms with Gasteiger partial charge in [-0.3, -0.25) is 4.99 Å². The van der Waals surface area contributed by atoms with Crippen LogP contribution in [-0.4, -0.2) is 5.84 Å². The van der Waals surface area contributed by atoms with Gasteiger partial charge in [0.25, 0.3) is 0 Å². The molecular weight excluding hydrogens is 621 g/mol. The van der Waals surface area contributed by atoms with Crippen LogP contribution in [0.25, 0.3) is 71.4 Å². The molecule has 1 aliphatic rings. The lowest BCUT2D eigenvalue weighted by Crippen LogP contribution is -2.27. The van der Waals surface area contributed by atoms with Gasteiger partial charge in [0.1, 0.15) is 17.0 Å². The Morgan fingerprint density at radius 2 is 1.10 bits per heavy atom. The summed E-state index contributed by atoms with van der Waals surface area (Å²) in [7, 11) is 0. The highest BCUT2D eigenvalue weighted by Crippen LogP contribution is 2.43. The van der Waals surface area contributed by atoms with Gasteiger partial charge in [-0.25, -0.2) is 0 Å². The fourth-order valence-electron chi connectivity index (χ4n) is 7.60. The van der Waals surface area contributed by atoms with Crippen LogP contribution in [0.2, 0.25) is 0 Å². The summed E-state index contributed by atoms with van der Waals surface area (Å²) < 4.78 is 6.89. The van der Waals surface area contributed by atoms with E-state index in [2.05, 4.69) is 181 Å². The summed E-state index contributed by atoms with van der Waals surface area (Å²) in [6, 6.07) is 62.0. The van der Waals surface area contributed by atoms with E-state index in [1.807, 2.05) is 6.07 Å². The van der Waals surface area contributed by atoms with E-state index in [-0.39, 0.29) is 6.04 Å². The van der Waals surface area contributed by atoms with Crippen LogP contribution in [0.1, 0.15) is 22.7 Å². The van der Waals surface area contributed by atoms with Crippen molar-refractivity contribution in [3.05, 3.63) is 199 Å². The Labute approximate surface area is 295 Å². The molecule has 8 aromatic carbocycles. The minimum Gasteiger partial charge on any atom is -0.455 e. The molecule has 0 amide bonds. The maximum atomic E-state index is 6.89. The van der Waals surface area contributed by atoms with Gasteiger partial charge in [-0.1, -0.05) is 164 Å². The first kappa shape index (κ1) is 29.2. The van der Waals surface area contributed by atoms with Crippen LogP contribution in [0.5, 0.6) is 0 Å². The van der Waals surface area contributed by atoms with Crippen molar-refractivity contribution >= 4 is 55.0 Å². The molecule has 9 aromatic rings. The summed E-state index contributed by atoms with van der Waals surface area (Å²) in [6.45, 7) is 0. The molecule has 1 atom stereocenters. The number of aliphatic imine (C=N–C) groups is 1. The van der Waals surface area contributed by atoms with E-state index in [1.54, 1.807) is 0 Å². The van der Waals surface area contributed by atoms with Crippen molar-refractivity contribution in [3.8, 4) is 22.3 Å². The van der Waals surface area contributed by atoms with Gasteiger partial charge < -0.3 is 9.73 Å². The van der Waals surface area contributed by atoms with Gasteiger partial charge in [-0.05, 0) is 67.6 Å². The van der Waals surface area contributed by atoms with E-state index in [4.69, 9.17) is 9.41 Å². The first-order valence-corrected chi connectivity index (χ1v) is 17.4. The summed E-state index contributed by atoms with van der Waals surface area (Å²) in [5, 5.41) is 10.7. The predicted molar refractivity (Wildman–Crippen MR) is 213 cm³/mol. The van der Waals surface area contributed by atoms with Crippen LogP contribution >= 0.6 is 0 Å². The zero-order valence-corrected chi connectivity index (χ0v) is 27.8. The number of furan rings is 1. The van der Waals surface area contributed by atoms with Crippen LogP contribution in [0, 0.1) is 0 Å². The number of nitrogens with zero attached hydrogens (tertiary/aromatic N) is 1. The van der Waals surface area contributed by atoms with E-state index in [9.17, 15) is 0 Å². The highest BCUT2D eigenvalue weighted by atomic mass is 16.3. The second-order valence-corrected chi connectivity index (χ2v) is 13.2. The molecule has 51 heavy (non-hydrogen) atoms. The van der Waals surface area contributed by atoms with Gasteiger partial charge in [0.05, 0.1) is 6.04 Å². The molecule has 0 saturated carbocycles. The van der Waals surface area contributed by atoms with E-state index in [0.29, 0.717) is 0 Å². The first-order valence-electron chi connectivity index (χ1n) is 17.4. The number of hydrogen-bond acceptors (Lipinski definition) is 3. The van der Waals surface area contributed by atoms with Crippen molar-refractivity contribution in [2.24, 2.45) is 4.99 Å². The van der Waals surface area contributed by atoms with Crippen molar-refractivity contribution < 1.29 is 4.42 Å². The van der Waals surface area contributed by atoms with Gasteiger partial charge >= 0.3 is 0 Å². The van der Waals surface area contributed by atoms with Crippen molar-refractivity contribution in [3.63, 3.8) is 0 Å². The maximum absolute atomic E-state index is 6.89. The number of hydrogen-bond donors (Lipinski definition) is 1. The second kappa shape index (κ2) is 12.0. The molecule has 2 heterocycles. The van der Waals surface area contributed by atoms with E-state index in [0.717, 1.165) is 66.7 Å². The van der Waals surface area contributed by atoms with Crippen LogP contribution in [0.4, 0.5) is 0 Å². The average molecular weight is 653 g/mol. The highest BCUT2D eigenvalue weighted by molar-refractivity contribution is 6.15. The van der Waals surface area contributed by atoms with Gasteiger partial charge in [0.15, 0.2) is 0 Å². The zero-order chi connectivity index (χ0) is 33.7. The molecule has 0 radical (unpaired) electrons. The lowest BCUT2D eigenvalue weighted by Gasteiger charge is -2.24. The summed E-state index contributed by atoms with van der Waals surface area (Å²) >= 11 is 0. The van der Waals surface area contributed by atoms with E-state index >= 15 is 0 Å². The fraction of sp³-hybridized carbons (Fsp3) is 0.0208. The smallest absolute Gasteiger partial charge is 0.143 e. The van der Waals surface area contributed by atoms with Crippen molar-refractivity contribution in [1.82, 2.24) is 5.32 Å². The summed E-state index contributed by atoms with van der Waals surface area (Å²) in [4.78, 5) is 5.36. The molecule has 0 aliphatic carbocycles. The van der Waals surface area contributed by atoms with Crippen molar-refractivity contribution in [1.29, 1.82) is 0 Å². The largest absolute Gasteiger partial charge is 0.455 e. The van der Waals surface area contributed by atoms with Crippen LogP contribution < -0.4 is 5.32 Å². The molecule has 1 unspecified atom stereocenters. The standard InChI is InChI=1S/C48H32N2O/c1-3-13-34(14-4-1)43-30-44(50-48(49-43)35-15-5-2-6-16-35)41-27-26-40(47-46(41)42-28-36-17-7-8-18-37(36)29-45(42)51-47)33-24-22-32(23-25-33)39-21-11-19-31-12-9-10-20-38(31)39/h1-30,44H,(H,49,50). The Morgan fingerprint density at radius 1 is 0.471 bits per heavy atom. The van der Waals surface area contributed by atoms with Gasteiger partial charge in [-0.2, -0.15) is 0 Å². The average Bonchev–Trinajstić information content (AvgIpc) is 3.58. The minimum atomic E-state index is -0.241. The minimum absolute atomic E-state index is 0.241. The fourth-order valence-corrected chi connectivity index (χ4v) is 7.60. The van der Waals surface area contributed by atoms with Crippen LogP contribution in [0.3, 0.4) is 0 Å². The third kappa shape index (κ3) is 5.10. The monoisotopic (exact) mass is 652 g/mol. The topological polar surface area (TPSA) is 37.5 Å². The Morgan fingerprint density at radius 3 is 1.86 bits per heavy atom. The molecule has 1 aromatic heterocycles. The zero-order valence-electron chi connectivity index (χ0n) is 27.8. The van der Waals surface area contributed by atoms with Gasteiger partial charge in [0.2, 0.25) is 0 Å². The number of fused-ring (bicyclic) bond motifs is 5. The quantitative estimate of drug-likeness (QED) is 0.201.